The second kappa shape index (κ2) is 9.09. The van der Waals surface area contributed by atoms with Crippen molar-refractivity contribution in [1.29, 1.82) is 0 Å². The molecule has 0 radical (unpaired) electrons. The molecule has 4 rings (SSSR count). The predicted molar refractivity (Wildman–Crippen MR) is 120 cm³/mol. The summed E-state index contributed by atoms with van der Waals surface area (Å²) >= 11 is 1.32. The molecule has 0 aliphatic rings. The molecule has 0 aliphatic carbocycles. The summed E-state index contributed by atoms with van der Waals surface area (Å²) in [5.74, 6) is 2.80. The maximum absolute atomic E-state index is 12.6. The fraction of sp³-hybridized carbons (Fsp3) is 0.174. The third-order valence-corrected chi connectivity index (χ3v) is 5.70. The van der Waals surface area contributed by atoms with Gasteiger partial charge < -0.3 is 19.0 Å². The first-order valence-electron chi connectivity index (χ1n) is 9.71. The highest BCUT2D eigenvalue weighted by Crippen LogP contribution is 2.30. The van der Waals surface area contributed by atoms with Crippen LogP contribution in [0.15, 0.2) is 70.4 Å². The maximum Gasteiger partial charge on any atom is 0.234 e. The summed E-state index contributed by atoms with van der Waals surface area (Å²) in [4.78, 5) is 12.6. The highest BCUT2D eigenvalue weighted by molar-refractivity contribution is 7.99. The van der Waals surface area contributed by atoms with E-state index in [9.17, 15) is 4.79 Å². The smallest absolute Gasteiger partial charge is 0.234 e. The quantitative estimate of drug-likeness (QED) is 0.402. The molecule has 1 N–H and O–H groups in total. The van der Waals surface area contributed by atoms with Crippen LogP contribution in [0.1, 0.15) is 11.3 Å². The standard InChI is InChI=1S/C23H22N4O3S/c1-15-8-10-17(11-9-15)30-20-7-5-4-6-19(20)24-21(28)14-31-23-26-25-22(27(23)3)18-12-13-29-16(18)2/h4-13H,14H2,1-3H3,(H,24,28). The normalized spacial score (nSPS) is 10.8. The first-order chi connectivity index (χ1) is 15.0. The number of aromatic nitrogens is 3. The molecule has 0 fully saturated rings. The van der Waals surface area contributed by atoms with Crippen LogP contribution in [0.25, 0.3) is 11.4 Å². The van der Waals surface area contributed by atoms with Gasteiger partial charge in [0.05, 0.1) is 23.3 Å². The summed E-state index contributed by atoms with van der Waals surface area (Å²) in [5, 5.41) is 12.0. The van der Waals surface area contributed by atoms with Crippen LogP contribution in [-0.2, 0) is 11.8 Å². The number of rotatable bonds is 7. The van der Waals surface area contributed by atoms with Gasteiger partial charge >= 0.3 is 0 Å². The second-order valence-corrected chi connectivity index (χ2v) is 7.95. The van der Waals surface area contributed by atoms with Crippen molar-refractivity contribution in [3.05, 3.63) is 72.2 Å². The number of ether oxygens (including phenoxy) is 1. The molecule has 2 aromatic carbocycles. The molecular formula is C23H22N4O3S. The fourth-order valence-corrected chi connectivity index (χ4v) is 3.71. The van der Waals surface area contributed by atoms with Gasteiger partial charge in [0, 0.05) is 7.05 Å². The van der Waals surface area contributed by atoms with E-state index in [4.69, 9.17) is 9.15 Å². The Morgan fingerprint density at radius 1 is 1.10 bits per heavy atom. The molecule has 2 aromatic heterocycles. The summed E-state index contributed by atoms with van der Waals surface area (Å²) in [6, 6.07) is 17.0. The van der Waals surface area contributed by atoms with E-state index in [1.165, 1.54) is 11.8 Å². The van der Waals surface area contributed by atoms with E-state index >= 15 is 0 Å². The van der Waals surface area contributed by atoms with Crippen molar-refractivity contribution >= 4 is 23.4 Å². The van der Waals surface area contributed by atoms with E-state index < -0.39 is 0 Å². The van der Waals surface area contributed by atoms with Crippen LogP contribution in [0.2, 0.25) is 0 Å². The Hall–Kier alpha value is -3.52. The van der Waals surface area contributed by atoms with E-state index in [-0.39, 0.29) is 11.7 Å². The van der Waals surface area contributed by atoms with Crippen LogP contribution in [-0.4, -0.2) is 26.4 Å². The second-order valence-electron chi connectivity index (χ2n) is 7.00. The average molecular weight is 435 g/mol. The number of carbonyl (C=O) groups excluding carboxylic acids is 1. The van der Waals surface area contributed by atoms with Gasteiger partial charge in [0.2, 0.25) is 5.91 Å². The third kappa shape index (κ3) is 4.80. The third-order valence-electron chi connectivity index (χ3n) is 4.68. The van der Waals surface area contributed by atoms with Crippen molar-refractivity contribution in [2.24, 2.45) is 7.05 Å². The molecule has 7 nitrogen and oxygen atoms in total. The van der Waals surface area contributed by atoms with Gasteiger partial charge in [-0.15, -0.1) is 10.2 Å². The number of anilines is 1. The van der Waals surface area contributed by atoms with Gasteiger partial charge in [-0.2, -0.15) is 0 Å². The van der Waals surface area contributed by atoms with E-state index in [1.54, 1.807) is 6.26 Å². The highest BCUT2D eigenvalue weighted by Gasteiger charge is 2.16. The Labute approximate surface area is 184 Å². The predicted octanol–water partition coefficient (Wildman–Crippen LogP) is 5.22. The number of nitrogens with zero attached hydrogens (tertiary/aromatic N) is 3. The minimum absolute atomic E-state index is 0.158. The highest BCUT2D eigenvalue weighted by atomic mass is 32.2. The molecule has 4 aromatic rings. The Morgan fingerprint density at radius 2 is 1.87 bits per heavy atom. The van der Waals surface area contributed by atoms with Gasteiger partial charge in [-0.05, 0) is 44.2 Å². The largest absolute Gasteiger partial charge is 0.469 e. The van der Waals surface area contributed by atoms with Crippen LogP contribution in [0.3, 0.4) is 0 Å². The zero-order chi connectivity index (χ0) is 21.8. The zero-order valence-electron chi connectivity index (χ0n) is 17.5. The number of para-hydroxylation sites is 2. The van der Waals surface area contributed by atoms with Gasteiger partial charge in [-0.1, -0.05) is 41.6 Å². The molecule has 0 unspecified atom stereocenters. The summed E-state index contributed by atoms with van der Waals surface area (Å²) in [6.45, 7) is 3.90. The van der Waals surface area contributed by atoms with Crippen LogP contribution in [0, 0.1) is 13.8 Å². The average Bonchev–Trinajstić information content (AvgIpc) is 3.34. The molecule has 31 heavy (non-hydrogen) atoms. The van der Waals surface area contributed by atoms with Crippen molar-refractivity contribution < 1.29 is 13.9 Å². The molecule has 0 aliphatic heterocycles. The van der Waals surface area contributed by atoms with Crippen molar-refractivity contribution in [3.63, 3.8) is 0 Å². The topological polar surface area (TPSA) is 82.2 Å². The Bertz CT molecular complexity index is 1200. The number of aryl methyl sites for hydroxylation is 2. The van der Waals surface area contributed by atoms with Crippen LogP contribution >= 0.6 is 11.8 Å². The summed E-state index contributed by atoms with van der Waals surface area (Å²) < 4.78 is 13.1. The Morgan fingerprint density at radius 3 is 2.61 bits per heavy atom. The number of benzene rings is 2. The van der Waals surface area contributed by atoms with Crippen molar-refractivity contribution in [2.45, 2.75) is 19.0 Å². The van der Waals surface area contributed by atoms with Crippen LogP contribution in [0.4, 0.5) is 5.69 Å². The molecule has 0 bridgehead atoms. The van der Waals surface area contributed by atoms with E-state index in [1.807, 2.05) is 80.1 Å². The zero-order valence-corrected chi connectivity index (χ0v) is 18.3. The number of hydrogen-bond acceptors (Lipinski definition) is 6. The molecule has 0 atom stereocenters. The molecule has 2 heterocycles. The number of carbonyl (C=O) groups is 1. The van der Waals surface area contributed by atoms with Crippen LogP contribution in [0.5, 0.6) is 11.5 Å². The van der Waals surface area contributed by atoms with Crippen molar-refractivity contribution in [3.8, 4) is 22.9 Å². The summed E-state index contributed by atoms with van der Waals surface area (Å²) in [7, 11) is 1.87. The molecule has 0 saturated heterocycles. The number of thioether (sulfide) groups is 1. The number of hydrogen-bond donors (Lipinski definition) is 1. The molecular weight excluding hydrogens is 412 g/mol. The minimum atomic E-state index is -0.158. The van der Waals surface area contributed by atoms with E-state index in [2.05, 4.69) is 15.5 Å². The summed E-state index contributed by atoms with van der Waals surface area (Å²) in [6.07, 6.45) is 1.62. The van der Waals surface area contributed by atoms with Crippen LogP contribution < -0.4 is 10.1 Å². The van der Waals surface area contributed by atoms with Gasteiger partial charge in [0.15, 0.2) is 16.7 Å². The van der Waals surface area contributed by atoms with Crippen molar-refractivity contribution in [2.75, 3.05) is 11.1 Å². The molecule has 158 valence electrons. The number of amides is 1. The number of furan rings is 1. The monoisotopic (exact) mass is 434 g/mol. The molecule has 1 amide bonds. The van der Waals surface area contributed by atoms with Gasteiger partial charge in [0.25, 0.3) is 0 Å². The first-order valence-corrected chi connectivity index (χ1v) is 10.7. The lowest BCUT2D eigenvalue weighted by Gasteiger charge is -2.12. The molecule has 0 saturated carbocycles. The minimum Gasteiger partial charge on any atom is -0.469 e. The molecule has 0 spiro atoms. The van der Waals surface area contributed by atoms with Gasteiger partial charge in [-0.3, -0.25) is 4.79 Å². The van der Waals surface area contributed by atoms with Crippen molar-refractivity contribution in [1.82, 2.24) is 14.8 Å². The Balaban J connectivity index is 1.40. The van der Waals surface area contributed by atoms with Gasteiger partial charge in [-0.25, -0.2) is 0 Å². The van der Waals surface area contributed by atoms with Gasteiger partial charge in [0.1, 0.15) is 11.5 Å². The van der Waals surface area contributed by atoms with E-state index in [0.29, 0.717) is 28.2 Å². The lowest BCUT2D eigenvalue weighted by atomic mass is 10.2. The molecule has 8 heteroatoms. The lowest BCUT2D eigenvalue weighted by molar-refractivity contribution is -0.113. The fourth-order valence-electron chi connectivity index (χ4n) is 3.00. The summed E-state index contributed by atoms with van der Waals surface area (Å²) in [5.41, 5.74) is 2.65. The lowest BCUT2D eigenvalue weighted by Crippen LogP contribution is -2.15. The maximum atomic E-state index is 12.6. The SMILES string of the molecule is Cc1ccc(Oc2ccccc2NC(=O)CSc2nnc(-c3ccoc3C)n2C)cc1. The Kier molecular flexibility index (Phi) is 6.08. The number of nitrogens with one attached hydrogen (secondary N) is 1. The first kappa shape index (κ1) is 20.7. The van der Waals surface area contributed by atoms with E-state index in [0.717, 1.165) is 16.9 Å².